The summed E-state index contributed by atoms with van der Waals surface area (Å²) in [4.78, 5) is 0. The minimum Gasteiger partial charge on any atom is -0.399 e. The molecule has 3 nitrogen and oxygen atoms in total. The maximum atomic E-state index is 5.87. The molecule has 2 rings (SSSR count). The van der Waals surface area contributed by atoms with E-state index in [0.29, 0.717) is 5.92 Å². The molecular weight excluding hydrogens is 210 g/mol. The van der Waals surface area contributed by atoms with Crippen LogP contribution >= 0.6 is 0 Å². The van der Waals surface area contributed by atoms with Crippen LogP contribution in [0.25, 0.3) is 11.1 Å². The van der Waals surface area contributed by atoms with E-state index >= 15 is 0 Å². The van der Waals surface area contributed by atoms with Gasteiger partial charge in [0.05, 0.1) is 5.69 Å². The molecule has 0 spiro atoms. The molecule has 0 unspecified atom stereocenters. The second-order valence-corrected chi connectivity index (χ2v) is 4.83. The number of anilines is 1. The lowest BCUT2D eigenvalue weighted by Crippen LogP contribution is -1.95. The number of nitrogens with two attached hydrogens (primary N) is 1. The third-order valence-corrected chi connectivity index (χ3v) is 2.96. The van der Waals surface area contributed by atoms with Crippen molar-refractivity contribution in [2.45, 2.75) is 26.7 Å². The summed E-state index contributed by atoms with van der Waals surface area (Å²) in [6, 6.07) is 6.02. The van der Waals surface area contributed by atoms with Crippen LogP contribution in [0.5, 0.6) is 0 Å². The molecule has 90 valence electrons. The fourth-order valence-electron chi connectivity index (χ4n) is 2.07. The largest absolute Gasteiger partial charge is 0.399 e. The van der Waals surface area contributed by atoms with Gasteiger partial charge in [-0.2, -0.15) is 5.10 Å². The van der Waals surface area contributed by atoms with Crippen LogP contribution in [0.1, 0.15) is 31.0 Å². The highest BCUT2D eigenvalue weighted by molar-refractivity contribution is 5.72. The van der Waals surface area contributed by atoms with Gasteiger partial charge in [0, 0.05) is 24.5 Å². The van der Waals surface area contributed by atoms with Crippen LogP contribution in [0.4, 0.5) is 5.69 Å². The van der Waals surface area contributed by atoms with Crippen LogP contribution in [-0.2, 0) is 7.05 Å². The van der Waals surface area contributed by atoms with E-state index in [4.69, 9.17) is 5.73 Å². The highest BCUT2D eigenvalue weighted by Crippen LogP contribution is 2.31. The molecule has 3 heteroatoms. The second kappa shape index (κ2) is 4.24. The van der Waals surface area contributed by atoms with Gasteiger partial charge in [-0.25, -0.2) is 0 Å². The minimum absolute atomic E-state index is 0.409. The monoisotopic (exact) mass is 229 g/mol. The molecule has 0 saturated carbocycles. The summed E-state index contributed by atoms with van der Waals surface area (Å²) in [5.41, 5.74) is 11.4. The third kappa shape index (κ3) is 2.18. The van der Waals surface area contributed by atoms with Gasteiger partial charge in [0.2, 0.25) is 0 Å². The van der Waals surface area contributed by atoms with Crippen LogP contribution in [0.3, 0.4) is 0 Å². The van der Waals surface area contributed by atoms with E-state index in [2.05, 4.69) is 38.1 Å². The third-order valence-electron chi connectivity index (χ3n) is 2.96. The van der Waals surface area contributed by atoms with Gasteiger partial charge in [0.15, 0.2) is 0 Å². The second-order valence-electron chi connectivity index (χ2n) is 4.83. The van der Waals surface area contributed by atoms with Gasteiger partial charge < -0.3 is 5.73 Å². The molecule has 2 N–H and O–H groups in total. The molecule has 0 amide bonds. The zero-order valence-corrected chi connectivity index (χ0v) is 10.9. The van der Waals surface area contributed by atoms with Gasteiger partial charge in [0.25, 0.3) is 0 Å². The van der Waals surface area contributed by atoms with E-state index in [9.17, 15) is 0 Å². The summed E-state index contributed by atoms with van der Waals surface area (Å²) in [5.74, 6) is 0.409. The first-order chi connectivity index (χ1) is 7.99. The number of aryl methyl sites for hydroxylation is 2. The zero-order chi connectivity index (χ0) is 12.6. The quantitative estimate of drug-likeness (QED) is 0.804. The average molecular weight is 229 g/mol. The fourth-order valence-corrected chi connectivity index (χ4v) is 2.07. The molecular formula is C14H19N3. The maximum Gasteiger partial charge on any atom is 0.0728 e. The van der Waals surface area contributed by atoms with Gasteiger partial charge in [-0.05, 0) is 36.1 Å². The van der Waals surface area contributed by atoms with Crippen LogP contribution in [0.15, 0.2) is 24.4 Å². The van der Waals surface area contributed by atoms with Gasteiger partial charge >= 0.3 is 0 Å². The fraction of sp³-hybridized carbons (Fsp3) is 0.357. The Morgan fingerprint density at radius 2 is 1.94 bits per heavy atom. The van der Waals surface area contributed by atoms with Crippen molar-refractivity contribution in [3.63, 3.8) is 0 Å². The molecule has 0 atom stereocenters. The van der Waals surface area contributed by atoms with Crippen molar-refractivity contribution in [1.29, 1.82) is 0 Å². The lowest BCUT2D eigenvalue weighted by molar-refractivity contribution is 0.713. The van der Waals surface area contributed by atoms with Crippen molar-refractivity contribution in [3.05, 3.63) is 35.7 Å². The number of nitrogen functional groups attached to an aromatic ring is 1. The highest BCUT2D eigenvalue weighted by atomic mass is 15.3. The summed E-state index contributed by atoms with van der Waals surface area (Å²) >= 11 is 0. The lowest BCUT2D eigenvalue weighted by atomic mass is 9.96. The molecule has 2 aromatic rings. The molecule has 17 heavy (non-hydrogen) atoms. The van der Waals surface area contributed by atoms with E-state index in [0.717, 1.165) is 11.4 Å². The Morgan fingerprint density at radius 1 is 1.24 bits per heavy atom. The Morgan fingerprint density at radius 3 is 2.59 bits per heavy atom. The molecule has 0 radical (unpaired) electrons. The number of aromatic nitrogens is 2. The van der Waals surface area contributed by atoms with E-state index in [1.165, 1.54) is 16.7 Å². The summed E-state index contributed by atoms with van der Waals surface area (Å²) in [5, 5.41) is 4.53. The smallest absolute Gasteiger partial charge is 0.0728 e. The SMILES string of the molecule is Cc1ccc(N)cc1-c1cn(C)nc1C(C)C. The predicted octanol–water partition coefficient (Wildman–Crippen LogP) is 3.10. The number of nitrogens with zero attached hydrogens (tertiary/aromatic N) is 2. The molecule has 0 bridgehead atoms. The number of hydrogen-bond acceptors (Lipinski definition) is 2. The Bertz CT molecular complexity index is 538. The Balaban J connectivity index is 2.63. The Labute approximate surface area is 102 Å². The highest BCUT2D eigenvalue weighted by Gasteiger charge is 2.14. The topological polar surface area (TPSA) is 43.8 Å². The molecule has 0 saturated heterocycles. The van der Waals surface area contributed by atoms with Crippen molar-refractivity contribution in [1.82, 2.24) is 9.78 Å². The predicted molar refractivity (Wildman–Crippen MR) is 71.9 cm³/mol. The molecule has 1 aromatic heterocycles. The molecule has 1 aromatic carbocycles. The van der Waals surface area contributed by atoms with Gasteiger partial charge in [-0.1, -0.05) is 19.9 Å². The molecule has 1 heterocycles. The van der Waals surface area contributed by atoms with Gasteiger partial charge in [0.1, 0.15) is 0 Å². The summed E-state index contributed by atoms with van der Waals surface area (Å²) < 4.78 is 1.87. The first kappa shape index (κ1) is 11.7. The summed E-state index contributed by atoms with van der Waals surface area (Å²) in [6.07, 6.45) is 2.07. The van der Waals surface area contributed by atoms with Crippen LogP contribution in [-0.4, -0.2) is 9.78 Å². The van der Waals surface area contributed by atoms with Gasteiger partial charge in [-0.3, -0.25) is 4.68 Å². The van der Waals surface area contributed by atoms with E-state index in [-0.39, 0.29) is 0 Å². The standard InChI is InChI=1S/C14H19N3/c1-9(2)14-13(8-17(4)16-14)12-7-11(15)6-5-10(12)3/h5-9H,15H2,1-4H3. The van der Waals surface area contributed by atoms with Crippen molar-refractivity contribution in [2.24, 2.45) is 7.05 Å². The summed E-state index contributed by atoms with van der Waals surface area (Å²) in [6.45, 7) is 6.42. The molecule has 0 aliphatic heterocycles. The zero-order valence-electron chi connectivity index (χ0n) is 10.9. The van der Waals surface area contributed by atoms with Gasteiger partial charge in [-0.15, -0.1) is 0 Å². The van der Waals surface area contributed by atoms with Crippen LogP contribution < -0.4 is 5.73 Å². The number of benzene rings is 1. The summed E-state index contributed by atoms with van der Waals surface area (Å²) in [7, 11) is 1.96. The Hall–Kier alpha value is -1.77. The average Bonchev–Trinajstić information content (AvgIpc) is 2.64. The number of hydrogen-bond donors (Lipinski definition) is 1. The van der Waals surface area contributed by atoms with Crippen molar-refractivity contribution >= 4 is 5.69 Å². The van der Waals surface area contributed by atoms with Crippen molar-refractivity contribution in [2.75, 3.05) is 5.73 Å². The molecule has 0 aliphatic carbocycles. The van der Waals surface area contributed by atoms with Crippen LogP contribution in [0.2, 0.25) is 0 Å². The van der Waals surface area contributed by atoms with Crippen molar-refractivity contribution in [3.8, 4) is 11.1 Å². The van der Waals surface area contributed by atoms with Crippen molar-refractivity contribution < 1.29 is 0 Å². The van der Waals surface area contributed by atoms with E-state index in [1.807, 2.05) is 23.9 Å². The van der Waals surface area contributed by atoms with E-state index in [1.54, 1.807) is 0 Å². The Kier molecular flexibility index (Phi) is 2.92. The normalized spacial score (nSPS) is 11.1. The minimum atomic E-state index is 0.409. The molecule has 0 fully saturated rings. The first-order valence-electron chi connectivity index (χ1n) is 5.89. The maximum absolute atomic E-state index is 5.87. The first-order valence-corrected chi connectivity index (χ1v) is 5.89. The van der Waals surface area contributed by atoms with Crippen LogP contribution in [0, 0.1) is 6.92 Å². The van der Waals surface area contributed by atoms with E-state index < -0.39 is 0 Å². The molecule has 0 aliphatic rings. The lowest BCUT2D eigenvalue weighted by Gasteiger charge is -2.09. The number of rotatable bonds is 2.